The molecule has 0 radical (unpaired) electrons. The predicted molar refractivity (Wildman–Crippen MR) is 73.6 cm³/mol. The standard InChI is InChI=1S/C14H26N2O3/c1-9(2)11(8-19-5)16-7-6-12(17)15-13(10(3)4)14(16)18/h9-11,13H,6-8H2,1-5H3,(H,15,17). The number of rotatable bonds is 5. The van der Waals surface area contributed by atoms with Crippen LogP contribution in [0.5, 0.6) is 0 Å². The van der Waals surface area contributed by atoms with Gasteiger partial charge in [0.05, 0.1) is 12.6 Å². The van der Waals surface area contributed by atoms with Gasteiger partial charge in [0.2, 0.25) is 11.8 Å². The van der Waals surface area contributed by atoms with Crippen molar-refractivity contribution in [1.29, 1.82) is 0 Å². The zero-order valence-electron chi connectivity index (χ0n) is 12.6. The molecule has 2 atom stereocenters. The molecular weight excluding hydrogens is 244 g/mol. The van der Waals surface area contributed by atoms with Crippen LogP contribution in [-0.2, 0) is 14.3 Å². The van der Waals surface area contributed by atoms with Crippen molar-refractivity contribution in [3.8, 4) is 0 Å². The molecule has 2 unspecified atom stereocenters. The number of carbonyl (C=O) groups is 2. The Morgan fingerprint density at radius 3 is 2.42 bits per heavy atom. The number of amides is 2. The summed E-state index contributed by atoms with van der Waals surface area (Å²) < 4.78 is 5.23. The van der Waals surface area contributed by atoms with E-state index in [2.05, 4.69) is 19.2 Å². The van der Waals surface area contributed by atoms with Gasteiger partial charge in [0.25, 0.3) is 0 Å². The molecule has 5 heteroatoms. The van der Waals surface area contributed by atoms with E-state index in [1.165, 1.54) is 0 Å². The van der Waals surface area contributed by atoms with Gasteiger partial charge in [-0.2, -0.15) is 0 Å². The Labute approximate surface area is 115 Å². The van der Waals surface area contributed by atoms with Crippen LogP contribution in [0.1, 0.15) is 34.1 Å². The molecule has 110 valence electrons. The van der Waals surface area contributed by atoms with Gasteiger partial charge in [-0.05, 0) is 11.8 Å². The second-order valence-corrected chi connectivity index (χ2v) is 5.84. The summed E-state index contributed by atoms with van der Waals surface area (Å²) in [6.45, 7) is 9.02. The topological polar surface area (TPSA) is 58.6 Å². The van der Waals surface area contributed by atoms with Gasteiger partial charge in [0, 0.05) is 20.1 Å². The van der Waals surface area contributed by atoms with Gasteiger partial charge in [0.1, 0.15) is 6.04 Å². The fourth-order valence-corrected chi connectivity index (χ4v) is 2.41. The van der Waals surface area contributed by atoms with Gasteiger partial charge in [-0.15, -0.1) is 0 Å². The Kier molecular flexibility index (Phi) is 5.79. The van der Waals surface area contributed by atoms with E-state index in [-0.39, 0.29) is 23.8 Å². The van der Waals surface area contributed by atoms with Crippen molar-refractivity contribution in [3.05, 3.63) is 0 Å². The lowest BCUT2D eigenvalue weighted by Gasteiger charge is -2.35. The van der Waals surface area contributed by atoms with E-state index in [0.717, 1.165) is 0 Å². The fourth-order valence-electron chi connectivity index (χ4n) is 2.41. The highest BCUT2D eigenvalue weighted by Crippen LogP contribution is 2.18. The molecule has 1 aliphatic heterocycles. The maximum Gasteiger partial charge on any atom is 0.245 e. The first kappa shape index (κ1) is 16.0. The largest absolute Gasteiger partial charge is 0.383 e. The monoisotopic (exact) mass is 270 g/mol. The molecule has 5 nitrogen and oxygen atoms in total. The Hall–Kier alpha value is -1.10. The van der Waals surface area contributed by atoms with E-state index in [0.29, 0.717) is 25.5 Å². The quantitative estimate of drug-likeness (QED) is 0.812. The summed E-state index contributed by atoms with van der Waals surface area (Å²) in [6.07, 6.45) is 0.363. The molecule has 1 fully saturated rings. The van der Waals surface area contributed by atoms with Crippen molar-refractivity contribution < 1.29 is 14.3 Å². The molecule has 19 heavy (non-hydrogen) atoms. The van der Waals surface area contributed by atoms with Crippen LogP contribution >= 0.6 is 0 Å². The molecule has 0 aromatic heterocycles. The SMILES string of the molecule is COCC(C(C)C)N1CCC(=O)NC(C(C)C)C1=O. The number of ether oxygens (including phenoxy) is 1. The third-order valence-electron chi connectivity index (χ3n) is 3.62. The van der Waals surface area contributed by atoms with Crippen LogP contribution < -0.4 is 5.32 Å². The lowest BCUT2D eigenvalue weighted by atomic mass is 9.99. The van der Waals surface area contributed by atoms with E-state index in [9.17, 15) is 9.59 Å². The second-order valence-electron chi connectivity index (χ2n) is 5.84. The summed E-state index contributed by atoms with van der Waals surface area (Å²) in [5.41, 5.74) is 0. The summed E-state index contributed by atoms with van der Waals surface area (Å²) in [5, 5.41) is 2.82. The molecule has 0 spiro atoms. The molecule has 1 aliphatic rings. The molecule has 0 aromatic carbocycles. The van der Waals surface area contributed by atoms with Gasteiger partial charge < -0.3 is 15.0 Å². The summed E-state index contributed by atoms with van der Waals surface area (Å²) in [6, 6.07) is -0.403. The third-order valence-corrected chi connectivity index (χ3v) is 3.62. The summed E-state index contributed by atoms with van der Waals surface area (Å²) >= 11 is 0. The first-order chi connectivity index (χ1) is 8.88. The summed E-state index contributed by atoms with van der Waals surface area (Å²) in [5.74, 6) is 0.350. The first-order valence-corrected chi connectivity index (χ1v) is 6.97. The van der Waals surface area contributed by atoms with E-state index < -0.39 is 6.04 Å². The number of carbonyl (C=O) groups excluding carboxylic acids is 2. The number of nitrogens with one attached hydrogen (secondary N) is 1. The highest BCUT2D eigenvalue weighted by atomic mass is 16.5. The maximum absolute atomic E-state index is 12.6. The van der Waals surface area contributed by atoms with Crippen molar-refractivity contribution in [2.75, 3.05) is 20.3 Å². The van der Waals surface area contributed by atoms with Gasteiger partial charge >= 0.3 is 0 Å². The molecule has 1 N–H and O–H groups in total. The van der Waals surface area contributed by atoms with Gasteiger partial charge in [-0.1, -0.05) is 27.7 Å². The van der Waals surface area contributed by atoms with E-state index in [4.69, 9.17) is 4.74 Å². The van der Waals surface area contributed by atoms with Crippen molar-refractivity contribution in [2.45, 2.75) is 46.2 Å². The van der Waals surface area contributed by atoms with Crippen LogP contribution in [0.15, 0.2) is 0 Å². The molecule has 0 saturated carbocycles. The molecule has 1 heterocycles. The molecular formula is C14H26N2O3. The minimum Gasteiger partial charge on any atom is -0.383 e. The van der Waals surface area contributed by atoms with Crippen molar-refractivity contribution >= 4 is 11.8 Å². The van der Waals surface area contributed by atoms with E-state index in [1.54, 1.807) is 7.11 Å². The molecule has 2 amide bonds. The molecule has 0 bridgehead atoms. The lowest BCUT2D eigenvalue weighted by molar-refractivity contribution is -0.138. The Morgan fingerprint density at radius 2 is 1.95 bits per heavy atom. The second kappa shape index (κ2) is 6.89. The number of nitrogens with zero attached hydrogens (tertiary/aromatic N) is 1. The zero-order chi connectivity index (χ0) is 14.6. The summed E-state index contributed by atoms with van der Waals surface area (Å²) in [4.78, 5) is 26.1. The van der Waals surface area contributed by atoms with Crippen molar-refractivity contribution in [2.24, 2.45) is 11.8 Å². The van der Waals surface area contributed by atoms with Crippen LogP contribution in [-0.4, -0.2) is 49.1 Å². The Morgan fingerprint density at radius 1 is 1.32 bits per heavy atom. The van der Waals surface area contributed by atoms with Crippen LogP contribution in [0.3, 0.4) is 0 Å². The predicted octanol–water partition coefficient (Wildman–Crippen LogP) is 1.03. The lowest BCUT2D eigenvalue weighted by Crippen LogP contribution is -2.53. The summed E-state index contributed by atoms with van der Waals surface area (Å²) in [7, 11) is 1.64. The van der Waals surface area contributed by atoms with Crippen molar-refractivity contribution in [3.63, 3.8) is 0 Å². The maximum atomic E-state index is 12.6. The average Bonchev–Trinajstić information content (AvgIpc) is 2.47. The first-order valence-electron chi connectivity index (χ1n) is 6.97. The fraction of sp³-hybridized carbons (Fsp3) is 0.857. The molecule has 1 saturated heterocycles. The number of methoxy groups -OCH3 is 1. The van der Waals surface area contributed by atoms with Gasteiger partial charge in [-0.3, -0.25) is 9.59 Å². The molecule has 0 aromatic rings. The van der Waals surface area contributed by atoms with Crippen LogP contribution in [0.2, 0.25) is 0 Å². The Balaban J connectivity index is 2.96. The van der Waals surface area contributed by atoms with E-state index >= 15 is 0 Å². The normalized spacial score (nSPS) is 22.7. The zero-order valence-corrected chi connectivity index (χ0v) is 12.6. The number of hydrogen-bond donors (Lipinski definition) is 1. The minimum absolute atomic E-state index is 0.0107. The highest BCUT2D eigenvalue weighted by Gasteiger charge is 2.36. The highest BCUT2D eigenvalue weighted by molar-refractivity contribution is 5.90. The van der Waals surface area contributed by atoms with Gasteiger partial charge in [-0.25, -0.2) is 0 Å². The minimum atomic E-state index is -0.423. The number of hydrogen-bond acceptors (Lipinski definition) is 3. The van der Waals surface area contributed by atoms with Crippen LogP contribution in [0.25, 0.3) is 0 Å². The van der Waals surface area contributed by atoms with Crippen LogP contribution in [0.4, 0.5) is 0 Å². The third kappa shape index (κ3) is 3.93. The van der Waals surface area contributed by atoms with Gasteiger partial charge in [0.15, 0.2) is 0 Å². The Bertz CT molecular complexity index is 329. The average molecular weight is 270 g/mol. The van der Waals surface area contributed by atoms with Crippen molar-refractivity contribution in [1.82, 2.24) is 10.2 Å². The molecule has 1 rings (SSSR count). The molecule has 0 aliphatic carbocycles. The van der Waals surface area contributed by atoms with Crippen LogP contribution in [0, 0.1) is 11.8 Å². The smallest absolute Gasteiger partial charge is 0.245 e. The van der Waals surface area contributed by atoms with E-state index in [1.807, 2.05) is 18.7 Å².